The third-order valence-electron chi connectivity index (χ3n) is 3.93. The van der Waals surface area contributed by atoms with Crippen LogP contribution in [0.3, 0.4) is 0 Å². The maximum absolute atomic E-state index is 12.1. The Morgan fingerprint density at radius 3 is 2.52 bits per heavy atom. The normalized spacial score (nSPS) is 16.3. The number of likely N-dealkylation sites (N-methyl/N-ethyl adjacent to an activating group) is 1. The largest absolute Gasteiger partial charge is 0.354 e. The maximum Gasteiger partial charge on any atom is 0.236 e. The third kappa shape index (κ3) is 4.41. The van der Waals surface area contributed by atoms with Gasteiger partial charge in [0.05, 0.1) is 6.54 Å². The second kappa shape index (κ2) is 7.22. The minimum absolute atomic E-state index is 0.195. The molecule has 1 amide bonds. The first kappa shape index (κ1) is 16.2. The van der Waals surface area contributed by atoms with Crippen LogP contribution in [0.4, 0.5) is 5.82 Å². The first-order valence-electron chi connectivity index (χ1n) is 7.32. The molecular formula is C15H23BrN4O. The lowest BCUT2D eigenvalue weighted by Gasteiger charge is -2.36. The standard InChI is InChI=1S/C15H23BrN4O/c1-12(2)18(3)15(21)11-19-6-8-20(9-7-19)14-5-4-13(16)10-17-14/h4-5,10,12H,6-9,11H2,1-3H3. The lowest BCUT2D eigenvalue weighted by molar-refractivity contribution is -0.132. The molecule has 2 rings (SSSR count). The van der Waals surface area contributed by atoms with Crippen LogP contribution in [-0.2, 0) is 4.79 Å². The minimum Gasteiger partial charge on any atom is -0.354 e. The van der Waals surface area contributed by atoms with Crippen molar-refractivity contribution in [3.8, 4) is 0 Å². The van der Waals surface area contributed by atoms with E-state index >= 15 is 0 Å². The molecule has 1 fully saturated rings. The second-order valence-electron chi connectivity index (χ2n) is 5.70. The number of anilines is 1. The van der Waals surface area contributed by atoms with Crippen LogP contribution in [0.2, 0.25) is 0 Å². The number of hydrogen-bond donors (Lipinski definition) is 0. The highest BCUT2D eigenvalue weighted by atomic mass is 79.9. The van der Waals surface area contributed by atoms with Gasteiger partial charge in [-0.3, -0.25) is 9.69 Å². The van der Waals surface area contributed by atoms with Gasteiger partial charge < -0.3 is 9.80 Å². The molecule has 21 heavy (non-hydrogen) atoms. The van der Waals surface area contributed by atoms with Crippen LogP contribution in [-0.4, -0.2) is 66.5 Å². The van der Waals surface area contributed by atoms with Crippen LogP contribution < -0.4 is 4.90 Å². The van der Waals surface area contributed by atoms with Gasteiger partial charge in [-0.05, 0) is 41.9 Å². The average molecular weight is 355 g/mol. The first-order valence-corrected chi connectivity index (χ1v) is 8.11. The van der Waals surface area contributed by atoms with Gasteiger partial charge >= 0.3 is 0 Å². The molecule has 116 valence electrons. The van der Waals surface area contributed by atoms with E-state index in [9.17, 15) is 4.79 Å². The van der Waals surface area contributed by atoms with Crippen molar-refractivity contribution in [1.82, 2.24) is 14.8 Å². The Hall–Kier alpha value is -1.14. The Balaban J connectivity index is 1.83. The molecule has 1 aromatic heterocycles. The highest BCUT2D eigenvalue weighted by Gasteiger charge is 2.21. The molecule has 6 heteroatoms. The van der Waals surface area contributed by atoms with Gasteiger partial charge in [-0.1, -0.05) is 0 Å². The number of rotatable bonds is 4. The number of carbonyl (C=O) groups is 1. The van der Waals surface area contributed by atoms with E-state index in [0.717, 1.165) is 36.5 Å². The first-order chi connectivity index (χ1) is 9.97. The van der Waals surface area contributed by atoms with Gasteiger partial charge in [-0.15, -0.1) is 0 Å². The summed E-state index contributed by atoms with van der Waals surface area (Å²) in [7, 11) is 1.87. The van der Waals surface area contributed by atoms with Gasteiger partial charge in [0.1, 0.15) is 5.82 Å². The zero-order valence-corrected chi connectivity index (χ0v) is 14.5. The number of pyridine rings is 1. The van der Waals surface area contributed by atoms with E-state index in [1.165, 1.54) is 0 Å². The van der Waals surface area contributed by atoms with Crippen molar-refractivity contribution in [2.24, 2.45) is 0 Å². The van der Waals surface area contributed by atoms with Crippen molar-refractivity contribution in [3.05, 3.63) is 22.8 Å². The molecule has 1 aromatic rings. The fourth-order valence-electron chi connectivity index (χ4n) is 2.28. The Bertz CT molecular complexity index is 469. The van der Waals surface area contributed by atoms with E-state index in [0.29, 0.717) is 6.54 Å². The summed E-state index contributed by atoms with van der Waals surface area (Å²) < 4.78 is 0.993. The summed E-state index contributed by atoms with van der Waals surface area (Å²) in [5.74, 6) is 1.20. The quantitative estimate of drug-likeness (QED) is 0.826. The lowest BCUT2D eigenvalue weighted by Crippen LogP contribution is -2.50. The van der Waals surface area contributed by atoms with Crippen LogP contribution in [0.5, 0.6) is 0 Å². The van der Waals surface area contributed by atoms with E-state index in [4.69, 9.17) is 0 Å². The molecule has 0 radical (unpaired) electrons. The van der Waals surface area contributed by atoms with Crippen LogP contribution in [0.15, 0.2) is 22.8 Å². The summed E-state index contributed by atoms with van der Waals surface area (Å²) in [4.78, 5) is 22.8. The van der Waals surface area contributed by atoms with Gasteiger partial charge in [0.2, 0.25) is 5.91 Å². The number of hydrogen-bond acceptors (Lipinski definition) is 4. The predicted octanol–water partition coefficient (Wildman–Crippen LogP) is 1.83. The third-order valence-corrected chi connectivity index (χ3v) is 4.40. The predicted molar refractivity (Wildman–Crippen MR) is 88.5 cm³/mol. The molecule has 0 atom stereocenters. The molecule has 0 spiro atoms. The number of aromatic nitrogens is 1. The SMILES string of the molecule is CC(C)N(C)C(=O)CN1CCN(c2ccc(Br)cn2)CC1. The molecule has 0 aliphatic carbocycles. The molecule has 0 N–H and O–H groups in total. The van der Waals surface area contributed by atoms with Crippen LogP contribution in [0, 0.1) is 0 Å². The number of halogens is 1. The van der Waals surface area contributed by atoms with Crippen LogP contribution >= 0.6 is 15.9 Å². The van der Waals surface area contributed by atoms with Gasteiger partial charge in [0, 0.05) is 49.9 Å². The summed E-state index contributed by atoms with van der Waals surface area (Å²) in [5.41, 5.74) is 0. The van der Waals surface area contributed by atoms with Crippen LogP contribution in [0.25, 0.3) is 0 Å². The Labute approximate surface area is 135 Å². The Morgan fingerprint density at radius 2 is 2.00 bits per heavy atom. The van der Waals surface area contributed by atoms with E-state index in [1.54, 1.807) is 0 Å². The molecular weight excluding hydrogens is 332 g/mol. The van der Waals surface area contributed by atoms with E-state index in [2.05, 4.69) is 30.7 Å². The zero-order chi connectivity index (χ0) is 15.4. The van der Waals surface area contributed by atoms with Crippen molar-refractivity contribution < 1.29 is 4.79 Å². The molecule has 1 saturated heterocycles. The van der Waals surface area contributed by atoms with Gasteiger partial charge in [0.25, 0.3) is 0 Å². The molecule has 1 aliphatic heterocycles. The van der Waals surface area contributed by atoms with E-state index < -0.39 is 0 Å². The van der Waals surface area contributed by atoms with Crippen molar-refractivity contribution in [3.63, 3.8) is 0 Å². The number of amides is 1. The summed E-state index contributed by atoms with van der Waals surface area (Å²) in [6.07, 6.45) is 1.82. The second-order valence-corrected chi connectivity index (χ2v) is 6.61. The molecule has 0 saturated carbocycles. The van der Waals surface area contributed by atoms with Gasteiger partial charge in [0.15, 0.2) is 0 Å². The summed E-state index contributed by atoms with van der Waals surface area (Å²) in [6.45, 7) is 8.20. The van der Waals surface area contributed by atoms with Crippen molar-refractivity contribution in [1.29, 1.82) is 0 Å². The molecule has 0 bridgehead atoms. The van der Waals surface area contributed by atoms with Gasteiger partial charge in [-0.25, -0.2) is 4.98 Å². The molecule has 0 aromatic carbocycles. The minimum atomic E-state index is 0.195. The summed E-state index contributed by atoms with van der Waals surface area (Å²) >= 11 is 3.40. The lowest BCUT2D eigenvalue weighted by atomic mass is 10.2. The summed E-state index contributed by atoms with van der Waals surface area (Å²) in [5, 5.41) is 0. The fourth-order valence-corrected chi connectivity index (χ4v) is 2.52. The van der Waals surface area contributed by atoms with Crippen LogP contribution in [0.1, 0.15) is 13.8 Å². The average Bonchev–Trinajstić information content (AvgIpc) is 2.48. The van der Waals surface area contributed by atoms with Gasteiger partial charge in [-0.2, -0.15) is 0 Å². The number of nitrogens with zero attached hydrogens (tertiary/aromatic N) is 4. The Kier molecular flexibility index (Phi) is 5.58. The maximum atomic E-state index is 12.1. The molecule has 1 aliphatic rings. The zero-order valence-electron chi connectivity index (χ0n) is 12.9. The highest BCUT2D eigenvalue weighted by Crippen LogP contribution is 2.16. The fraction of sp³-hybridized carbons (Fsp3) is 0.600. The van der Waals surface area contributed by atoms with Crippen molar-refractivity contribution in [2.45, 2.75) is 19.9 Å². The molecule has 5 nitrogen and oxygen atoms in total. The number of carbonyl (C=O) groups excluding carboxylic acids is 1. The highest BCUT2D eigenvalue weighted by molar-refractivity contribution is 9.10. The molecule has 2 heterocycles. The topological polar surface area (TPSA) is 39.7 Å². The monoisotopic (exact) mass is 354 g/mol. The smallest absolute Gasteiger partial charge is 0.236 e. The van der Waals surface area contributed by atoms with Crippen molar-refractivity contribution >= 4 is 27.7 Å². The van der Waals surface area contributed by atoms with Crippen molar-refractivity contribution in [2.75, 3.05) is 44.7 Å². The van der Waals surface area contributed by atoms with E-state index in [1.807, 2.05) is 44.1 Å². The molecule has 0 unspecified atom stereocenters. The number of piperazine rings is 1. The Morgan fingerprint density at radius 1 is 1.33 bits per heavy atom. The van der Waals surface area contributed by atoms with E-state index in [-0.39, 0.29) is 11.9 Å². The summed E-state index contributed by atoms with van der Waals surface area (Å²) in [6, 6.07) is 4.29.